The van der Waals surface area contributed by atoms with Crippen LogP contribution < -0.4 is 0 Å². The molecule has 1 aromatic rings. The van der Waals surface area contributed by atoms with Gasteiger partial charge in [0, 0.05) is 31.5 Å². The van der Waals surface area contributed by atoms with Gasteiger partial charge >= 0.3 is 6.03 Å². The lowest BCUT2D eigenvalue weighted by molar-refractivity contribution is 0.149. The maximum Gasteiger partial charge on any atom is 0.329 e. The van der Waals surface area contributed by atoms with Gasteiger partial charge in [0.1, 0.15) is 6.33 Å². The standard InChI is InChI=1S/C11H18N4O/c1-13(2)10-3-6-14(7-4-10)11(16)15-8-5-12-9-15/h5,8-10H,3-4,6-7H2,1-2H3. The highest BCUT2D eigenvalue weighted by Gasteiger charge is 2.24. The van der Waals surface area contributed by atoms with Crippen LogP contribution in [-0.2, 0) is 0 Å². The molecular formula is C11H18N4O. The molecule has 0 atom stereocenters. The zero-order valence-corrected chi connectivity index (χ0v) is 9.83. The van der Waals surface area contributed by atoms with Crippen LogP contribution in [0.15, 0.2) is 18.7 Å². The molecule has 5 heteroatoms. The summed E-state index contributed by atoms with van der Waals surface area (Å²) in [7, 11) is 4.19. The number of aromatic nitrogens is 2. The number of hydrogen-bond acceptors (Lipinski definition) is 3. The van der Waals surface area contributed by atoms with Gasteiger partial charge in [-0.05, 0) is 26.9 Å². The van der Waals surface area contributed by atoms with Gasteiger partial charge in [0.05, 0.1) is 0 Å². The quantitative estimate of drug-likeness (QED) is 0.708. The van der Waals surface area contributed by atoms with E-state index in [0.29, 0.717) is 6.04 Å². The summed E-state index contributed by atoms with van der Waals surface area (Å²) < 4.78 is 1.54. The fraction of sp³-hybridized carbons (Fsp3) is 0.636. The molecule has 5 nitrogen and oxygen atoms in total. The van der Waals surface area contributed by atoms with Crippen LogP contribution in [0.5, 0.6) is 0 Å². The average Bonchev–Trinajstić information content (AvgIpc) is 2.81. The van der Waals surface area contributed by atoms with E-state index in [4.69, 9.17) is 0 Å². The van der Waals surface area contributed by atoms with E-state index in [-0.39, 0.29) is 6.03 Å². The monoisotopic (exact) mass is 222 g/mol. The highest BCUT2D eigenvalue weighted by Crippen LogP contribution is 2.14. The Kier molecular flexibility index (Phi) is 3.24. The van der Waals surface area contributed by atoms with E-state index in [9.17, 15) is 4.79 Å². The first-order chi connectivity index (χ1) is 7.68. The smallest absolute Gasteiger partial charge is 0.324 e. The van der Waals surface area contributed by atoms with Crippen LogP contribution in [0.1, 0.15) is 12.8 Å². The zero-order chi connectivity index (χ0) is 11.5. The Hall–Kier alpha value is -1.36. The van der Waals surface area contributed by atoms with Crippen molar-refractivity contribution in [2.24, 2.45) is 0 Å². The molecule has 0 unspecified atom stereocenters. The topological polar surface area (TPSA) is 41.4 Å². The van der Waals surface area contributed by atoms with Gasteiger partial charge < -0.3 is 9.80 Å². The fourth-order valence-corrected chi connectivity index (χ4v) is 2.11. The maximum atomic E-state index is 12.0. The molecule has 0 aliphatic carbocycles. The van der Waals surface area contributed by atoms with E-state index in [2.05, 4.69) is 24.0 Å². The molecule has 1 fully saturated rings. The van der Waals surface area contributed by atoms with Gasteiger partial charge in [0.15, 0.2) is 0 Å². The van der Waals surface area contributed by atoms with Crippen LogP contribution in [0.2, 0.25) is 0 Å². The predicted molar refractivity (Wildman–Crippen MR) is 61.3 cm³/mol. The average molecular weight is 222 g/mol. The van der Waals surface area contributed by atoms with Crippen molar-refractivity contribution in [2.75, 3.05) is 27.2 Å². The Morgan fingerprint density at radius 3 is 2.56 bits per heavy atom. The SMILES string of the molecule is CN(C)C1CCN(C(=O)n2ccnc2)CC1. The number of rotatable bonds is 1. The van der Waals surface area contributed by atoms with Crippen molar-refractivity contribution < 1.29 is 4.79 Å². The van der Waals surface area contributed by atoms with Crippen LogP contribution in [0, 0.1) is 0 Å². The molecule has 0 bridgehead atoms. The van der Waals surface area contributed by atoms with Gasteiger partial charge in [-0.15, -0.1) is 0 Å². The van der Waals surface area contributed by atoms with Gasteiger partial charge in [-0.2, -0.15) is 0 Å². The van der Waals surface area contributed by atoms with Gasteiger partial charge in [-0.25, -0.2) is 9.78 Å². The number of imidazole rings is 1. The summed E-state index contributed by atoms with van der Waals surface area (Å²) in [5, 5.41) is 0. The first-order valence-corrected chi connectivity index (χ1v) is 5.62. The first kappa shape index (κ1) is 11.1. The number of piperidine rings is 1. The molecule has 1 saturated heterocycles. The molecule has 2 rings (SSSR count). The van der Waals surface area contributed by atoms with Crippen LogP contribution in [0.3, 0.4) is 0 Å². The van der Waals surface area contributed by atoms with Gasteiger partial charge in [0.25, 0.3) is 0 Å². The van der Waals surface area contributed by atoms with E-state index in [0.717, 1.165) is 25.9 Å². The Morgan fingerprint density at radius 2 is 2.06 bits per heavy atom. The third-order valence-corrected chi connectivity index (χ3v) is 3.19. The third kappa shape index (κ3) is 2.24. The second-order valence-electron chi connectivity index (χ2n) is 4.43. The van der Waals surface area contributed by atoms with Crippen molar-refractivity contribution in [3.05, 3.63) is 18.7 Å². The number of amides is 1. The summed E-state index contributed by atoms with van der Waals surface area (Å²) >= 11 is 0. The van der Waals surface area contributed by atoms with Crippen molar-refractivity contribution in [2.45, 2.75) is 18.9 Å². The molecule has 1 amide bonds. The molecule has 88 valence electrons. The minimum absolute atomic E-state index is 0.0368. The molecule has 0 radical (unpaired) electrons. The number of nitrogens with zero attached hydrogens (tertiary/aromatic N) is 4. The van der Waals surface area contributed by atoms with Crippen molar-refractivity contribution in [3.8, 4) is 0 Å². The summed E-state index contributed by atoms with van der Waals surface area (Å²) in [4.78, 5) is 20.0. The molecule has 0 N–H and O–H groups in total. The minimum atomic E-state index is 0.0368. The van der Waals surface area contributed by atoms with Crippen molar-refractivity contribution in [1.82, 2.24) is 19.4 Å². The fourth-order valence-electron chi connectivity index (χ4n) is 2.11. The van der Waals surface area contributed by atoms with E-state index in [1.807, 2.05) is 4.90 Å². The second kappa shape index (κ2) is 4.65. The van der Waals surface area contributed by atoms with Crippen LogP contribution >= 0.6 is 0 Å². The van der Waals surface area contributed by atoms with E-state index in [1.54, 1.807) is 18.7 Å². The highest BCUT2D eigenvalue weighted by atomic mass is 16.2. The van der Waals surface area contributed by atoms with Crippen LogP contribution in [0.4, 0.5) is 4.79 Å². The normalized spacial score (nSPS) is 18.1. The van der Waals surface area contributed by atoms with Crippen molar-refractivity contribution >= 4 is 6.03 Å². The molecule has 16 heavy (non-hydrogen) atoms. The second-order valence-corrected chi connectivity index (χ2v) is 4.43. The Bertz CT molecular complexity index is 339. The van der Waals surface area contributed by atoms with Gasteiger partial charge in [-0.1, -0.05) is 0 Å². The molecule has 0 spiro atoms. The van der Waals surface area contributed by atoms with Crippen LogP contribution in [0.25, 0.3) is 0 Å². The summed E-state index contributed by atoms with van der Waals surface area (Å²) in [6, 6.07) is 0.640. The number of likely N-dealkylation sites (tertiary alicyclic amines) is 1. The lowest BCUT2D eigenvalue weighted by Crippen LogP contribution is -2.45. The molecule has 2 heterocycles. The largest absolute Gasteiger partial charge is 0.329 e. The van der Waals surface area contributed by atoms with Gasteiger partial charge in [0.2, 0.25) is 0 Å². The van der Waals surface area contributed by atoms with E-state index >= 15 is 0 Å². The molecule has 0 saturated carbocycles. The number of carbonyl (C=O) groups is 1. The third-order valence-electron chi connectivity index (χ3n) is 3.19. The Morgan fingerprint density at radius 1 is 1.38 bits per heavy atom. The summed E-state index contributed by atoms with van der Waals surface area (Å²) in [5.74, 6) is 0. The summed E-state index contributed by atoms with van der Waals surface area (Å²) in [6.07, 6.45) is 6.98. The maximum absolute atomic E-state index is 12.0. The highest BCUT2D eigenvalue weighted by molar-refractivity contribution is 5.76. The number of hydrogen-bond donors (Lipinski definition) is 0. The molecule has 0 aromatic carbocycles. The van der Waals surface area contributed by atoms with Crippen LogP contribution in [-0.4, -0.2) is 58.6 Å². The van der Waals surface area contributed by atoms with Crippen molar-refractivity contribution in [1.29, 1.82) is 0 Å². The Balaban J connectivity index is 1.92. The summed E-state index contributed by atoms with van der Waals surface area (Å²) in [6.45, 7) is 1.67. The number of carbonyl (C=O) groups excluding carboxylic acids is 1. The lowest BCUT2D eigenvalue weighted by atomic mass is 10.0. The predicted octanol–water partition coefficient (Wildman–Crippen LogP) is 0.877. The molecule has 1 aliphatic heterocycles. The van der Waals surface area contributed by atoms with E-state index < -0.39 is 0 Å². The van der Waals surface area contributed by atoms with E-state index in [1.165, 1.54) is 4.57 Å². The lowest BCUT2D eigenvalue weighted by Gasteiger charge is -2.35. The zero-order valence-electron chi connectivity index (χ0n) is 9.83. The molecule has 1 aliphatic rings. The van der Waals surface area contributed by atoms with Crippen molar-refractivity contribution in [3.63, 3.8) is 0 Å². The summed E-state index contributed by atoms with van der Waals surface area (Å²) in [5.41, 5.74) is 0. The van der Waals surface area contributed by atoms with Gasteiger partial charge in [-0.3, -0.25) is 4.57 Å². The minimum Gasteiger partial charge on any atom is -0.324 e. The first-order valence-electron chi connectivity index (χ1n) is 5.62. The Labute approximate surface area is 95.7 Å². The molecular weight excluding hydrogens is 204 g/mol. The molecule has 1 aromatic heterocycles.